The lowest BCUT2D eigenvalue weighted by atomic mass is 9.87. The topological polar surface area (TPSA) is 65.5 Å². The summed E-state index contributed by atoms with van der Waals surface area (Å²) in [5, 5.41) is 3.92. The van der Waals surface area contributed by atoms with Crippen LogP contribution in [0.15, 0.2) is 53.0 Å². The second-order valence-electron chi connectivity index (χ2n) is 7.08. The first kappa shape index (κ1) is 17.6. The molecule has 2 saturated heterocycles. The Balaban J connectivity index is 1.36. The lowest BCUT2D eigenvalue weighted by Crippen LogP contribution is -2.55. The summed E-state index contributed by atoms with van der Waals surface area (Å²) >= 11 is 5.15. The third kappa shape index (κ3) is 2.79. The summed E-state index contributed by atoms with van der Waals surface area (Å²) in [4.78, 5) is 33.8. The number of hydrogen-bond acceptors (Lipinski definition) is 5. The number of rotatable bonds is 2. The van der Waals surface area contributed by atoms with Gasteiger partial charge in [0.15, 0.2) is 5.13 Å². The monoisotopic (exact) mass is 456 g/mol. The summed E-state index contributed by atoms with van der Waals surface area (Å²) in [5.41, 5.74) is 0.772. The SMILES string of the molecule is O=C1NC2(CCN(c3nc4ccc(Br)cc4s3)CC2)C(=O)N1c1ccccc1. The van der Waals surface area contributed by atoms with Gasteiger partial charge in [0.25, 0.3) is 5.91 Å². The molecule has 3 amide bonds. The van der Waals surface area contributed by atoms with Crippen LogP contribution in [0.5, 0.6) is 0 Å². The van der Waals surface area contributed by atoms with E-state index in [1.807, 2.05) is 30.3 Å². The van der Waals surface area contributed by atoms with Crippen LogP contribution in [0.4, 0.5) is 15.6 Å². The van der Waals surface area contributed by atoms with E-state index >= 15 is 0 Å². The largest absolute Gasteiger partial charge is 0.348 e. The number of nitrogens with zero attached hydrogens (tertiary/aromatic N) is 3. The van der Waals surface area contributed by atoms with Crippen molar-refractivity contribution in [3.05, 3.63) is 53.0 Å². The summed E-state index contributed by atoms with van der Waals surface area (Å²) in [6.07, 6.45) is 1.14. The first-order valence-corrected chi connectivity index (χ1v) is 10.7. The molecule has 142 valence electrons. The van der Waals surface area contributed by atoms with Crippen molar-refractivity contribution < 1.29 is 9.59 Å². The van der Waals surface area contributed by atoms with Gasteiger partial charge in [0.05, 0.1) is 15.9 Å². The van der Waals surface area contributed by atoms with Crippen LogP contribution in [-0.2, 0) is 4.79 Å². The van der Waals surface area contributed by atoms with E-state index in [9.17, 15) is 9.59 Å². The van der Waals surface area contributed by atoms with Crippen LogP contribution in [-0.4, -0.2) is 35.6 Å². The van der Waals surface area contributed by atoms with E-state index in [4.69, 9.17) is 4.98 Å². The number of benzene rings is 2. The van der Waals surface area contributed by atoms with Crippen LogP contribution in [0.1, 0.15) is 12.8 Å². The Morgan fingerprint density at radius 3 is 2.57 bits per heavy atom. The quantitative estimate of drug-likeness (QED) is 0.588. The Bertz CT molecular complexity index is 1080. The molecule has 2 aliphatic rings. The van der Waals surface area contributed by atoms with Crippen molar-refractivity contribution in [2.75, 3.05) is 22.9 Å². The van der Waals surface area contributed by atoms with Gasteiger partial charge in [0.1, 0.15) is 5.54 Å². The summed E-state index contributed by atoms with van der Waals surface area (Å²) in [7, 11) is 0. The predicted molar refractivity (Wildman–Crippen MR) is 114 cm³/mol. The number of carbonyl (C=O) groups excluding carboxylic acids is 2. The van der Waals surface area contributed by atoms with Crippen LogP contribution in [0.3, 0.4) is 0 Å². The summed E-state index contributed by atoms with van der Waals surface area (Å²) < 4.78 is 2.17. The number of halogens is 1. The maximum absolute atomic E-state index is 13.1. The van der Waals surface area contributed by atoms with Gasteiger partial charge in [-0.25, -0.2) is 14.7 Å². The van der Waals surface area contributed by atoms with Gasteiger partial charge in [-0.3, -0.25) is 4.79 Å². The number of urea groups is 1. The van der Waals surface area contributed by atoms with E-state index in [1.165, 1.54) is 4.90 Å². The van der Waals surface area contributed by atoms with E-state index in [0.717, 1.165) is 19.8 Å². The Labute approximate surface area is 174 Å². The van der Waals surface area contributed by atoms with Crippen molar-refractivity contribution in [3.8, 4) is 0 Å². The molecule has 0 saturated carbocycles. The van der Waals surface area contributed by atoms with Crippen LogP contribution in [0.2, 0.25) is 0 Å². The second-order valence-corrected chi connectivity index (χ2v) is 9.01. The molecule has 0 atom stereocenters. The summed E-state index contributed by atoms with van der Waals surface area (Å²) in [6.45, 7) is 1.35. The van der Waals surface area contributed by atoms with Crippen molar-refractivity contribution in [2.24, 2.45) is 0 Å². The molecule has 0 unspecified atom stereocenters. The Morgan fingerprint density at radius 2 is 1.82 bits per heavy atom. The number of fused-ring (bicyclic) bond motifs is 1. The van der Waals surface area contributed by atoms with E-state index in [1.54, 1.807) is 23.5 Å². The third-order valence-electron chi connectivity index (χ3n) is 5.40. The minimum Gasteiger partial charge on any atom is -0.348 e. The highest BCUT2D eigenvalue weighted by molar-refractivity contribution is 9.10. The molecular formula is C20H17BrN4O2S. The zero-order valence-corrected chi connectivity index (χ0v) is 17.3. The molecule has 2 fully saturated rings. The molecule has 2 aliphatic heterocycles. The fraction of sp³-hybridized carbons (Fsp3) is 0.250. The number of carbonyl (C=O) groups is 2. The molecule has 5 rings (SSSR count). The van der Waals surface area contributed by atoms with Gasteiger partial charge in [-0.1, -0.05) is 45.5 Å². The Morgan fingerprint density at radius 1 is 1.07 bits per heavy atom. The number of imide groups is 1. The number of aromatic nitrogens is 1. The van der Waals surface area contributed by atoms with Crippen LogP contribution >= 0.6 is 27.3 Å². The van der Waals surface area contributed by atoms with Crippen LogP contribution < -0.4 is 15.1 Å². The molecule has 0 radical (unpaired) electrons. The minimum absolute atomic E-state index is 0.156. The first-order valence-electron chi connectivity index (χ1n) is 9.09. The molecule has 1 N–H and O–H groups in total. The number of piperidine rings is 1. The predicted octanol–water partition coefficient (Wildman–Crippen LogP) is 4.15. The number of para-hydroxylation sites is 1. The normalized spacial score (nSPS) is 18.9. The summed E-state index contributed by atoms with van der Waals surface area (Å²) in [5.74, 6) is -0.156. The standard InChI is InChI=1S/C20H17BrN4O2S/c21-13-6-7-15-16(12-13)28-19(22-15)24-10-8-20(9-11-24)17(26)25(18(27)23-20)14-4-2-1-3-5-14/h1-7,12H,8-11H2,(H,23,27). The van der Waals surface area contributed by atoms with E-state index < -0.39 is 5.54 Å². The molecule has 28 heavy (non-hydrogen) atoms. The number of hydrogen-bond donors (Lipinski definition) is 1. The molecule has 3 heterocycles. The third-order valence-corrected chi connectivity index (χ3v) is 6.98. The van der Waals surface area contributed by atoms with Crippen molar-refractivity contribution in [3.63, 3.8) is 0 Å². The Hall–Kier alpha value is -2.45. The summed E-state index contributed by atoms with van der Waals surface area (Å²) in [6, 6.07) is 14.8. The van der Waals surface area contributed by atoms with Gasteiger partial charge in [-0.2, -0.15) is 0 Å². The van der Waals surface area contributed by atoms with E-state index in [2.05, 4.69) is 32.2 Å². The molecule has 6 nitrogen and oxygen atoms in total. The van der Waals surface area contributed by atoms with Gasteiger partial charge >= 0.3 is 6.03 Å². The van der Waals surface area contributed by atoms with Gasteiger partial charge < -0.3 is 10.2 Å². The fourth-order valence-corrected chi connectivity index (χ4v) is 5.44. The van der Waals surface area contributed by atoms with Crippen molar-refractivity contribution in [2.45, 2.75) is 18.4 Å². The highest BCUT2D eigenvalue weighted by Gasteiger charge is 2.53. The average Bonchev–Trinajstić information content (AvgIpc) is 3.22. The number of nitrogens with one attached hydrogen (secondary N) is 1. The maximum Gasteiger partial charge on any atom is 0.329 e. The highest BCUT2D eigenvalue weighted by atomic mass is 79.9. The molecule has 0 bridgehead atoms. The van der Waals surface area contributed by atoms with Gasteiger partial charge in [-0.05, 0) is 43.2 Å². The smallest absolute Gasteiger partial charge is 0.329 e. The van der Waals surface area contributed by atoms with Crippen molar-refractivity contribution in [1.29, 1.82) is 0 Å². The van der Waals surface area contributed by atoms with Crippen LogP contribution in [0, 0.1) is 0 Å². The molecule has 1 aromatic heterocycles. The van der Waals surface area contributed by atoms with Gasteiger partial charge in [0, 0.05) is 17.6 Å². The van der Waals surface area contributed by atoms with E-state index in [0.29, 0.717) is 31.6 Å². The maximum atomic E-state index is 13.1. The van der Waals surface area contributed by atoms with Crippen LogP contribution in [0.25, 0.3) is 10.2 Å². The van der Waals surface area contributed by atoms with Gasteiger partial charge in [-0.15, -0.1) is 0 Å². The second kappa shape index (κ2) is 6.56. The highest BCUT2D eigenvalue weighted by Crippen LogP contribution is 2.36. The fourth-order valence-electron chi connectivity index (χ4n) is 3.87. The number of amides is 3. The zero-order valence-electron chi connectivity index (χ0n) is 14.9. The lowest BCUT2D eigenvalue weighted by Gasteiger charge is -2.37. The van der Waals surface area contributed by atoms with Gasteiger partial charge in [0.2, 0.25) is 0 Å². The first-order chi connectivity index (χ1) is 13.6. The van der Waals surface area contributed by atoms with Crippen molar-refractivity contribution in [1.82, 2.24) is 10.3 Å². The minimum atomic E-state index is -0.816. The van der Waals surface area contributed by atoms with E-state index in [-0.39, 0.29) is 11.9 Å². The molecule has 1 spiro atoms. The zero-order chi connectivity index (χ0) is 19.3. The Kier molecular flexibility index (Phi) is 4.13. The number of anilines is 2. The molecular weight excluding hydrogens is 440 g/mol. The molecule has 8 heteroatoms. The lowest BCUT2D eigenvalue weighted by molar-refractivity contribution is -0.122. The molecule has 2 aromatic carbocycles. The average molecular weight is 457 g/mol. The number of thiazole rings is 1. The molecule has 3 aromatic rings. The van der Waals surface area contributed by atoms with Crippen molar-refractivity contribution >= 4 is 60.2 Å². The molecule has 0 aliphatic carbocycles.